The van der Waals surface area contributed by atoms with Crippen LogP contribution in [0.25, 0.3) is 0 Å². The molecule has 5 rings (SSSR count). The third kappa shape index (κ3) is 2.95. The Morgan fingerprint density at radius 2 is 1.62 bits per heavy atom. The van der Waals surface area contributed by atoms with Crippen LogP contribution in [-0.2, 0) is 4.79 Å². The van der Waals surface area contributed by atoms with E-state index in [2.05, 4.69) is 11.4 Å². The first-order valence-electron chi connectivity index (χ1n) is 9.46. The van der Waals surface area contributed by atoms with Gasteiger partial charge in [0, 0.05) is 10.5 Å². The van der Waals surface area contributed by atoms with Gasteiger partial charge in [-0.1, -0.05) is 71.9 Å². The Labute approximate surface area is 173 Å². The fourth-order valence-electron chi connectivity index (χ4n) is 3.80. The molecule has 1 amide bonds. The largest absolute Gasteiger partial charge is 0.349 e. The van der Waals surface area contributed by atoms with Crippen LogP contribution in [0.4, 0.5) is 11.4 Å². The molecular weight excluding hydrogens is 378 g/mol. The highest BCUT2D eigenvalue weighted by Gasteiger charge is 2.45. The van der Waals surface area contributed by atoms with Gasteiger partial charge in [-0.05, 0) is 36.8 Å². The van der Waals surface area contributed by atoms with Gasteiger partial charge in [0.15, 0.2) is 0 Å². The van der Waals surface area contributed by atoms with E-state index >= 15 is 0 Å². The number of carbonyl (C=O) groups is 1. The molecule has 0 radical (unpaired) electrons. The summed E-state index contributed by atoms with van der Waals surface area (Å²) in [5, 5.41) is 13.2. The van der Waals surface area contributed by atoms with E-state index in [1.165, 1.54) is 4.90 Å². The Morgan fingerprint density at radius 1 is 0.931 bits per heavy atom. The summed E-state index contributed by atoms with van der Waals surface area (Å²) in [5.41, 5.74) is 4.48. The minimum atomic E-state index is -0.505. The molecule has 3 aromatic rings. The fourth-order valence-corrected chi connectivity index (χ4v) is 4.88. The van der Waals surface area contributed by atoms with Crippen molar-refractivity contribution >= 4 is 34.9 Å². The molecule has 4 nitrogen and oxygen atoms in total. The number of amidine groups is 1. The third-order valence-electron chi connectivity index (χ3n) is 5.25. The number of amides is 1. The van der Waals surface area contributed by atoms with E-state index in [1.807, 2.05) is 79.7 Å². The van der Waals surface area contributed by atoms with Gasteiger partial charge in [-0.25, -0.2) is 0 Å². The van der Waals surface area contributed by atoms with E-state index in [0.29, 0.717) is 0 Å². The number of aryl methyl sites for hydroxylation is 1. The number of benzene rings is 3. The van der Waals surface area contributed by atoms with Crippen molar-refractivity contribution in [2.75, 3.05) is 10.2 Å². The zero-order valence-corrected chi connectivity index (χ0v) is 16.7. The average molecular weight is 398 g/mol. The Kier molecular flexibility index (Phi) is 4.25. The van der Waals surface area contributed by atoms with Crippen LogP contribution in [0, 0.1) is 12.3 Å². The number of hydrogen-bond acceptors (Lipinski definition) is 4. The summed E-state index contributed by atoms with van der Waals surface area (Å²) in [6, 6.07) is 25.5. The van der Waals surface area contributed by atoms with Crippen LogP contribution in [0.1, 0.15) is 17.0 Å². The van der Waals surface area contributed by atoms with Gasteiger partial charge in [-0.2, -0.15) is 0 Å². The van der Waals surface area contributed by atoms with Crippen molar-refractivity contribution in [3.8, 4) is 0 Å². The lowest BCUT2D eigenvalue weighted by atomic mass is 9.93. The number of carbonyl (C=O) groups excluding carboxylic acids is 1. The van der Waals surface area contributed by atoms with Crippen molar-refractivity contribution in [2.24, 2.45) is 0 Å². The molecule has 2 N–H and O–H groups in total. The molecule has 29 heavy (non-hydrogen) atoms. The molecule has 1 fully saturated rings. The molecule has 0 aromatic heterocycles. The van der Waals surface area contributed by atoms with Gasteiger partial charge in [0.1, 0.15) is 5.84 Å². The Morgan fingerprint density at radius 3 is 2.34 bits per heavy atom. The maximum atomic E-state index is 13.6. The summed E-state index contributed by atoms with van der Waals surface area (Å²) in [7, 11) is 0. The molecule has 0 bridgehead atoms. The van der Waals surface area contributed by atoms with E-state index in [1.54, 1.807) is 11.8 Å². The van der Waals surface area contributed by atoms with Crippen molar-refractivity contribution in [2.45, 2.75) is 17.7 Å². The van der Waals surface area contributed by atoms with Crippen molar-refractivity contribution in [3.05, 3.63) is 101 Å². The minimum Gasteiger partial charge on any atom is -0.349 e. The molecule has 0 unspecified atom stereocenters. The number of thioether (sulfide) groups is 1. The van der Waals surface area contributed by atoms with Gasteiger partial charge in [-0.15, -0.1) is 0 Å². The summed E-state index contributed by atoms with van der Waals surface area (Å²) < 4.78 is 0. The second-order valence-electron chi connectivity index (χ2n) is 7.17. The van der Waals surface area contributed by atoms with Crippen molar-refractivity contribution < 1.29 is 4.79 Å². The van der Waals surface area contributed by atoms with Crippen LogP contribution >= 0.6 is 11.8 Å². The zero-order chi connectivity index (χ0) is 20.0. The zero-order valence-electron chi connectivity index (χ0n) is 15.8. The number of nitrogens with one attached hydrogen (secondary N) is 2. The van der Waals surface area contributed by atoms with E-state index in [9.17, 15) is 4.79 Å². The highest BCUT2D eigenvalue weighted by Crippen LogP contribution is 2.48. The third-order valence-corrected chi connectivity index (χ3v) is 6.35. The summed E-state index contributed by atoms with van der Waals surface area (Å²) >= 11 is 1.59. The maximum Gasteiger partial charge on any atom is 0.244 e. The van der Waals surface area contributed by atoms with Gasteiger partial charge in [0.25, 0.3) is 0 Å². The second-order valence-corrected chi connectivity index (χ2v) is 8.22. The number of fused-ring (bicyclic) bond motifs is 1. The van der Waals surface area contributed by atoms with Gasteiger partial charge < -0.3 is 5.32 Å². The van der Waals surface area contributed by atoms with Gasteiger partial charge >= 0.3 is 0 Å². The summed E-state index contributed by atoms with van der Waals surface area (Å²) in [6.45, 7) is 2.01. The second kappa shape index (κ2) is 6.94. The van der Waals surface area contributed by atoms with Crippen LogP contribution in [0.15, 0.2) is 94.4 Å². The molecule has 2 aliphatic heterocycles. The first-order valence-corrected chi connectivity index (χ1v) is 10.3. The Balaban J connectivity index is 1.65. The SMILES string of the molecule is Cc1ccc(N2C(=N)/C(=C3/Nc4ccccc4S3)[C@H](c3ccccc3)C2=O)cc1. The predicted octanol–water partition coefficient (Wildman–Crippen LogP) is 5.53. The fraction of sp³-hybridized carbons (Fsp3) is 0.0833. The summed E-state index contributed by atoms with van der Waals surface area (Å²) in [6.07, 6.45) is 0. The molecule has 0 aliphatic carbocycles. The normalized spacial score (nSPS) is 20.7. The molecular formula is C24H19N3OS. The molecule has 5 heteroatoms. The molecule has 142 valence electrons. The molecule has 2 aliphatic rings. The molecule has 2 heterocycles. The molecule has 3 aromatic carbocycles. The average Bonchev–Trinajstić information content (AvgIpc) is 3.27. The van der Waals surface area contributed by atoms with E-state index in [-0.39, 0.29) is 11.7 Å². The predicted molar refractivity (Wildman–Crippen MR) is 119 cm³/mol. The van der Waals surface area contributed by atoms with Crippen LogP contribution in [0.2, 0.25) is 0 Å². The topological polar surface area (TPSA) is 56.2 Å². The van der Waals surface area contributed by atoms with Crippen LogP contribution in [0.5, 0.6) is 0 Å². The minimum absolute atomic E-state index is 0.0918. The van der Waals surface area contributed by atoms with Crippen molar-refractivity contribution in [3.63, 3.8) is 0 Å². The Hall–Kier alpha value is -3.31. The lowest BCUT2D eigenvalue weighted by molar-refractivity contribution is -0.117. The monoisotopic (exact) mass is 397 g/mol. The number of anilines is 2. The van der Waals surface area contributed by atoms with E-state index in [0.717, 1.165) is 38.0 Å². The van der Waals surface area contributed by atoms with Crippen molar-refractivity contribution in [1.82, 2.24) is 0 Å². The number of para-hydroxylation sites is 1. The first-order chi connectivity index (χ1) is 14.1. The molecule has 0 spiro atoms. The first kappa shape index (κ1) is 17.8. The standard InChI is InChI=1S/C24H19N3OS/c1-15-11-13-17(14-12-15)27-22(25)21(20(24(27)28)16-7-3-2-4-8-16)23-26-18-9-5-6-10-19(18)29-23/h2-14,20,25-26H,1H3/b23-21-,25-22?/t20-/m0/s1. The van der Waals surface area contributed by atoms with Crippen molar-refractivity contribution in [1.29, 1.82) is 5.41 Å². The smallest absolute Gasteiger partial charge is 0.244 e. The lowest BCUT2D eigenvalue weighted by Gasteiger charge is -2.16. The highest BCUT2D eigenvalue weighted by atomic mass is 32.2. The Bertz CT molecular complexity index is 1130. The van der Waals surface area contributed by atoms with Crippen LogP contribution < -0.4 is 10.2 Å². The summed E-state index contributed by atoms with van der Waals surface area (Å²) in [4.78, 5) is 16.2. The van der Waals surface area contributed by atoms with Crippen LogP contribution in [-0.4, -0.2) is 11.7 Å². The lowest BCUT2D eigenvalue weighted by Crippen LogP contribution is -2.29. The van der Waals surface area contributed by atoms with E-state index < -0.39 is 5.92 Å². The van der Waals surface area contributed by atoms with Crippen LogP contribution in [0.3, 0.4) is 0 Å². The van der Waals surface area contributed by atoms with Gasteiger partial charge in [0.2, 0.25) is 5.91 Å². The molecule has 1 saturated heterocycles. The quantitative estimate of drug-likeness (QED) is 0.598. The maximum absolute atomic E-state index is 13.6. The number of hydrogen-bond donors (Lipinski definition) is 2. The van der Waals surface area contributed by atoms with E-state index in [4.69, 9.17) is 5.41 Å². The molecule has 1 atom stereocenters. The van der Waals surface area contributed by atoms with Gasteiger partial charge in [0.05, 0.1) is 22.3 Å². The number of nitrogens with zero attached hydrogens (tertiary/aromatic N) is 1. The molecule has 0 saturated carbocycles. The highest BCUT2D eigenvalue weighted by molar-refractivity contribution is 8.03. The van der Waals surface area contributed by atoms with Gasteiger partial charge in [-0.3, -0.25) is 15.1 Å². The summed E-state index contributed by atoms with van der Waals surface area (Å²) in [5.74, 6) is -0.365. The number of rotatable bonds is 2.